The molecule has 2 rings (SSSR count). The van der Waals surface area contributed by atoms with Crippen molar-refractivity contribution in [2.24, 2.45) is 0 Å². The largest absolute Gasteiger partial charge is 0.316 e. The molecular weight excluding hydrogens is 301 g/mol. The third-order valence-electron chi connectivity index (χ3n) is 3.64. The summed E-state index contributed by atoms with van der Waals surface area (Å²) in [5.41, 5.74) is 5.20. The topological polar surface area (TPSA) is 12.0 Å². The van der Waals surface area contributed by atoms with Crippen LogP contribution in [0.4, 0.5) is 0 Å². The molecular formula is C18H21Cl2N. The predicted molar refractivity (Wildman–Crippen MR) is 92.6 cm³/mol. The van der Waals surface area contributed by atoms with E-state index >= 15 is 0 Å². The molecule has 0 bridgehead atoms. The molecule has 0 saturated heterocycles. The third-order valence-corrected chi connectivity index (χ3v) is 4.38. The molecule has 112 valence electrons. The lowest BCUT2D eigenvalue weighted by Gasteiger charge is -2.17. The Balaban J connectivity index is 2.10. The lowest BCUT2D eigenvalue weighted by Crippen LogP contribution is -2.30. The summed E-state index contributed by atoms with van der Waals surface area (Å²) in [7, 11) is 2.00. The van der Waals surface area contributed by atoms with Gasteiger partial charge in [0.25, 0.3) is 0 Å². The first-order valence-electron chi connectivity index (χ1n) is 7.16. The Hall–Kier alpha value is -1.02. The summed E-state index contributed by atoms with van der Waals surface area (Å²) in [4.78, 5) is 0. The number of aryl methyl sites for hydroxylation is 2. The highest BCUT2D eigenvalue weighted by atomic mass is 35.5. The van der Waals surface area contributed by atoms with E-state index < -0.39 is 0 Å². The van der Waals surface area contributed by atoms with Crippen LogP contribution in [0.15, 0.2) is 36.4 Å². The molecule has 1 nitrogen and oxygen atoms in total. The number of halogens is 2. The second-order valence-electron chi connectivity index (χ2n) is 5.64. The lowest BCUT2D eigenvalue weighted by atomic mass is 9.97. The van der Waals surface area contributed by atoms with Gasteiger partial charge < -0.3 is 5.32 Å². The quantitative estimate of drug-likeness (QED) is 0.818. The van der Waals surface area contributed by atoms with E-state index in [-0.39, 0.29) is 0 Å². The van der Waals surface area contributed by atoms with Gasteiger partial charge in [-0.3, -0.25) is 0 Å². The molecule has 0 radical (unpaired) electrons. The van der Waals surface area contributed by atoms with Crippen LogP contribution in [-0.2, 0) is 12.8 Å². The highest BCUT2D eigenvalue weighted by Crippen LogP contribution is 2.23. The third kappa shape index (κ3) is 4.74. The average Bonchev–Trinajstić information content (AvgIpc) is 2.41. The molecule has 0 fully saturated rings. The Bertz CT molecular complexity index is 602. The summed E-state index contributed by atoms with van der Waals surface area (Å²) in [5, 5.41) is 4.62. The van der Waals surface area contributed by atoms with E-state index in [1.165, 1.54) is 22.3 Å². The van der Waals surface area contributed by atoms with Gasteiger partial charge in [-0.25, -0.2) is 0 Å². The van der Waals surface area contributed by atoms with Crippen LogP contribution >= 0.6 is 23.2 Å². The summed E-state index contributed by atoms with van der Waals surface area (Å²) >= 11 is 12.1. The molecule has 1 N–H and O–H groups in total. The van der Waals surface area contributed by atoms with Crippen molar-refractivity contribution in [2.45, 2.75) is 32.7 Å². The highest BCUT2D eigenvalue weighted by molar-refractivity contribution is 6.42. The number of rotatable bonds is 5. The Morgan fingerprint density at radius 1 is 0.857 bits per heavy atom. The summed E-state index contributed by atoms with van der Waals surface area (Å²) in [5.74, 6) is 0. The fourth-order valence-electron chi connectivity index (χ4n) is 2.70. The molecule has 0 aromatic heterocycles. The van der Waals surface area contributed by atoms with Gasteiger partial charge in [0.1, 0.15) is 0 Å². The van der Waals surface area contributed by atoms with E-state index in [0.29, 0.717) is 16.1 Å². The van der Waals surface area contributed by atoms with Crippen molar-refractivity contribution < 1.29 is 0 Å². The van der Waals surface area contributed by atoms with Crippen molar-refractivity contribution in [1.29, 1.82) is 0 Å². The summed E-state index contributed by atoms with van der Waals surface area (Å²) in [6, 6.07) is 13.0. The molecule has 3 heteroatoms. The van der Waals surface area contributed by atoms with Crippen LogP contribution < -0.4 is 5.32 Å². The van der Waals surface area contributed by atoms with Crippen LogP contribution in [0.1, 0.15) is 22.3 Å². The van der Waals surface area contributed by atoms with Crippen molar-refractivity contribution in [3.63, 3.8) is 0 Å². The molecule has 1 atom stereocenters. The number of hydrogen-bond donors (Lipinski definition) is 1. The second kappa shape index (κ2) is 7.31. The fourth-order valence-corrected chi connectivity index (χ4v) is 3.02. The van der Waals surface area contributed by atoms with E-state index in [9.17, 15) is 0 Å². The molecule has 0 heterocycles. The van der Waals surface area contributed by atoms with Gasteiger partial charge in [-0.2, -0.15) is 0 Å². The van der Waals surface area contributed by atoms with Gasteiger partial charge in [0.15, 0.2) is 0 Å². The van der Waals surface area contributed by atoms with Crippen molar-refractivity contribution in [1.82, 2.24) is 5.32 Å². The minimum atomic E-state index is 0.378. The van der Waals surface area contributed by atoms with Crippen LogP contribution in [-0.4, -0.2) is 13.1 Å². The van der Waals surface area contributed by atoms with E-state index in [0.717, 1.165) is 12.8 Å². The first-order valence-corrected chi connectivity index (χ1v) is 7.92. The molecule has 0 aliphatic rings. The molecule has 21 heavy (non-hydrogen) atoms. The maximum absolute atomic E-state index is 6.09. The smallest absolute Gasteiger partial charge is 0.0595 e. The highest BCUT2D eigenvalue weighted by Gasteiger charge is 2.10. The Morgan fingerprint density at radius 3 is 2.05 bits per heavy atom. The maximum atomic E-state index is 6.09. The number of likely N-dealkylation sites (N-methyl/N-ethyl adjacent to an activating group) is 1. The molecule has 0 amide bonds. The van der Waals surface area contributed by atoms with Gasteiger partial charge in [0, 0.05) is 6.04 Å². The Labute approximate surface area is 137 Å². The molecule has 0 spiro atoms. The van der Waals surface area contributed by atoms with Crippen LogP contribution in [0.2, 0.25) is 10.0 Å². The van der Waals surface area contributed by atoms with Crippen molar-refractivity contribution >= 4 is 23.2 Å². The SMILES string of the molecule is CNC(Cc1cc(C)cc(C)c1)Cc1ccc(Cl)c(Cl)c1. The monoisotopic (exact) mass is 321 g/mol. The molecule has 2 aromatic carbocycles. The van der Waals surface area contributed by atoms with Gasteiger partial charge in [0.2, 0.25) is 0 Å². The number of nitrogens with one attached hydrogen (secondary N) is 1. The minimum absolute atomic E-state index is 0.378. The Kier molecular flexibility index (Phi) is 5.69. The van der Waals surface area contributed by atoms with Gasteiger partial charge in [-0.05, 0) is 57.0 Å². The number of hydrogen-bond acceptors (Lipinski definition) is 1. The first-order chi connectivity index (χ1) is 9.97. The Morgan fingerprint density at radius 2 is 1.48 bits per heavy atom. The predicted octanol–water partition coefficient (Wildman–Crippen LogP) is 4.98. The van der Waals surface area contributed by atoms with Crippen LogP contribution in [0.3, 0.4) is 0 Å². The van der Waals surface area contributed by atoms with E-state index in [1.807, 2.05) is 25.2 Å². The van der Waals surface area contributed by atoms with Crippen LogP contribution in [0.25, 0.3) is 0 Å². The van der Waals surface area contributed by atoms with Crippen molar-refractivity contribution in [2.75, 3.05) is 7.05 Å². The molecule has 0 aliphatic carbocycles. The lowest BCUT2D eigenvalue weighted by molar-refractivity contribution is 0.556. The van der Waals surface area contributed by atoms with Crippen LogP contribution in [0.5, 0.6) is 0 Å². The van der Waals surface area contributed by atoms with E-state index in [4.69, 9.17) is 23.2 Å². The standard InChI is InChI=1S/C18H21Cl2N/c1-12-6-13(2)8-15(7-12)10-16(21-3)9-14-4-5-17(19)18(20)11-14/h4-8,11,16,21H,9-10H2,1-3H3. The maximum Gasteiger partial charge on any atom is 0.0595 e. The molecule has 0 saturated carbocycles. The number of benzene rings is 2. The van der Waals surface area contributed by atoms with Gasteiger partial charge in [0.05, 0.1) is 10.0 Å². The normalized spacial score (nSPS) is 12.4. The van der Waals surface area contributed by atoms with Gasteiger partial charge >= 0.3 is 0 Å². The van der Waals surface area contributed by atoms with Gasteiger partial charge in [-0.1, -0.05) is 58.6 Å². The van der Waals surface area contributed by atoms with Gasteiger partial charge in [-0.15, -0.1) is 0 Å². The summed E-state index contributed by atoms with van der Waals surface area (Å²) in [6.45, 7) is 4.29. The zero-order valence-electron chi connectivity index (χ0n) is 12.7. The summed E-state index contributed by atoms with van der Waals surface area (Å²) in [6.07, 6.45) is 1.93. The fraction of sp³-hybridized carbons (Fsp3) is 0.333. The van der Waals surface area contributed by atoms with Crippen LogP contribution in [0, 0.1) is 13.8 Å². The average molecular weight is 322 g/mol. The minimum Gasteiger partial charge on any atom is -0.316 e. The molecule has 2 aromatic rings. The van der Waals surface area contributed by atoms with E-state index in [2.05, 4.69) is 37.4 Å². The summed E-state index contributed by atoms with van der Waals surface area (Å²) < 4.78 is 0. The van der Waals surface area contributed by atoms with Crippen molar-refractivity contribution in [3.8, 4) is 0 Å². The van der Waals surface area contributed by atoms with Crippen molar-refractivity contribution in [3.05, 3.63) is 68.7 Å². The van der Waals surface area contributed by atoms with E-state index in [1.54, 1.807) is 0 Å². The second-order valence-corrected chi connectivity index (χ2v) is 6.45. The molecule has 1 unspecified atom stereocenters. The first kappa shape index (κ1) is 16.4. The molecule has 0 aliphatic heterocycles. The zero-order valence-corrected chi connectivity index (χ0v) is 14.2. The zero-order chi connectivity index (χ0) is 15.4.